The van der Waals surface area contributed by atoms with Gasteiger partial charge >= 0.3 is 0 Å². The number of halogens is 2. The zero-order chi connectivity index (χ0) is 14.0. The summed E-state index contributed by atoms with van der Waals surface area (Å²) in [5.41, 5.74) is 8.73. The van der Waals surface area contributed by atoms with Crippen LogP contribution in [0.5, 0.6) is 0 Å². The van der Waals surface area contributed by atoms with Gasteiger partial charge in [-0.15, -0.1) is 0 Å². The number of nitrogens with zero attached hydrogens (tertiary/aromatic N) is 1. The van der Waals surface area contributed by atoms with Gasteiger partial charge in [-0.3, -0.25) is 0 Å². The molecular weight excluding hydrogens is 266 g/mol. The van der Waals surface area contributed by atoms with Gasteiger partial charge in [0.15, 0.2) is 17.5 Å². The first kappa shape index (κ1) is 13.8. The van der Waals surface area contributed by atoms with Crippen LogP contribution in [0.25, 0.3) is 0 Å². The maximum atomic E-state index is 13.5. The fourth-order valence-corrected chi connectivity index (χ4v) is 2.70. The van der Waals surface area contributed by atoms with Gasteiger partial charge < -0.3 is 5.73 Å². The summed E-state index contributed by atoms with van der Waals surface area (Å²) >= 11 is 1.21. The molecule has 2 nitrogen and oxygen atoms in total. The molecule has 2 aromatic rings. The Hall–Kier alpha value is -1.62. The van der Waals surface area contributed by atoms with E-state index in [4.69, 9.17) is 5.73 Å². The van der Waals surface area contributed by atoms with E-state index in [0.29, 0.717) is 5.75 Å². The molecule has 0 aliphatic heterocycles. The molecule has 0 aliphatic carbocycles. The van der Waals surface area contributed by atoms with Crippen molar-refractivity contribution in [3.8, 4) is 0 Å². The van der Waals surface area contributed by atoms with Gasteiger partial charge in [-0.25, -0.2) is 13.8 Å². The second-order valence-electron chi connectivity index (χ2n) is 4.43. The molecule has 5 heteroatoms. The average Bonchev–Trinajstić information content (AvgIpc) is 2.31. The van der Waals surface area contributed by atoms with E-state index in [1.165, 1.54) is 11.8 Å². The van der Waals surface area contributed by atoms with Crippen molar-refractivity contribution in [1.82, 2.24) is 4.98 Å². The van der Waals surface area contributed by atoms with E-state index >= 15 is 0 Å². The van der Waals surface area contributed by atoms with Crippen LogP contribution in [0.3, 0.4) is 0 Å². The molecule has 0 aliphatic rings. The van der Waals surface area contributed by atoms with E-state index in [0.717, 1.165) is 22.8 Å². The van der Waals surface area contributed by atoms with Crippen molar-refractivity contribution in [3.05, 3.63) is 52.6 Å². The SMILES string of the molecule is Cc1cc(C)cc(CSc2nc(N)c(F)cc2F)c1. The van der Waals surface area contributed by atoms with E-state index in [-0.39, 0.29) is 10.8 Å². The summed E-state index contributed by atoms with van der Waals surface area (Å²) in [6.07, 6.45) is 0. The lowest BCUT2D eigenvalue weighted by atomic mass is 10.1. The monoisotopic (exact) mass is 280 g/mol. The Morgan fingerprint density at radius 3 is 2.32 bits per heavy atom. The molecule has 0 saturated carbocycles. The zero-order valence-corrected chi connectivity index (χ0v) is 11.5. The number of pyridine rings is 1. The Labute approximate surface area is 115 Å². The highest BCUT2D eigenvalue weighted by Crippen LogP contribution is 2.26. The topological polar surface area (TPSA) is 38.9 Å². The van der Waals surface area contributed by atoms with Crippen molar-refractivity contribution >= 4 is 17.6 Å². The number of nitrogens with two attached hydrogens (primary N) is 1. The van der Waals surface area contributed by atoms with Gasteiger partial charge in [0.2, 0.25) is 0 Å². The summed E-state index contributed by atoms with van der Waals surface area (Å²) in [5, 5.41) is 0.123. The highest BCUT2D eigenvalue weighted by molar-refractivity contribution is 7.98. The predicted molar refractivity (Wildman–Crippen MR) is 74.0 cm³/mol. The van der Waals surface area contributed by atoms with Crippen molar-refractivity contribution in [3.63, 3.8) is 0 Å². The van der Waals surface area contributed by atoms with Gasteiger partial charge in [-0.05, 0) is 19.4 Å². The van der Waals surface area contributed by atoms with Crippen LogP contribution in [0, 0.1) is 25.5 Å². The second-order valence-corrected chi connectivity index (χ2v) is 5.39. The molecule has 0 unspecified atom stereocenters. The Morgan fingerprint density at radius 2 is 1.68 bits per heavy atom. The quantitative estimate of drug-likeness (QED) is 0.868. The van der Waals surface area contributed by atoms with Crippen LogP contribution in [-0.4, -0.2) is 4.98 Å². The Balaban J connectivity index is 2.16. The van der Waals surface area contributed by atoms with Crippen LogP contribution < -0.4 is 5.73 Å². The Morgan fingerprint density at radius 1 is 1.05 bits per heavy atom. The molecule has 0 atom stereocenters. The molecule has 100 valence electrons. The molecule has 2 rings (SSSR count). The van der Waals surface area contributed by atoms with Crippen molar-refractivity contribution < 1.29 is 8.78 Å². The third-order valence-electron chi connectivity index (χ3n) is 2.58. The Kier molecular flexibility index (Phi) is 4.04. The van der Waals surface area contributed by atoms with Crippen LogP contribution in [0.15, 0.2) is 29.3 Å². The number of thioether (sulfide) groups is 1. The van der Waals surface area contributed by atoms with Crippen LogP contribution in [0.4, 0.5) is 14.6 Å². The molecule has 2 N–H and O–H groups in total. The molecule has 1 aromatic carbocycles. The smallest absolute Gasteiger partial charge is 0.168 e. The Bertz CT molecular complexity index is 594. The van der Waals surface area contributed by atoms with Gasteiger partial charge in [0.25, 0.3) is 0 Å². The molecule has 19 heavy (non-hydrogen) atoms. The van der Waals surface area contributed by atoms with E-state index in [1.807, 2.05) is 26.0 Å². The summed E-state index contributed by atoms with van der Waals surface area (Å²) in [4.78, 5) is 3.72. The van der Waals surface area contributed by atoms with Crippen LogP contribution in [0.1, 0.15) is 16.7 Å². The largest absolute Gasteiger partial charge is 0.381 e. The number of hydrogen-bond acceptors (Lipinski definition) is 3. The summed E-state index contributed by atoms with van der Waals surface area (Å²) in [6, 6.07) is 6.91. The third kappa shape index (κ3) is 3.44. The first-order valence-corrected chi connectivity index (χ1v) is 6.76. The fourth-order valence-electron chi connectivity index (χ4n) is 1.87. The van der Waals surface area contributed by atoms with Gasteiger partial charge in [0.05, 0.1) is 0 Å². The third-order valence-corrected chi connectivity index (χ3v) is 3.62. The molecule has 0 saturated heterocycles. The fraction of sp³-hybridized carbons (Fsp3) is 0.214. The summed E-state index contributed by atoms with van der Waals surface area (Å²) < 4.78 is 26.5. The number of benzene rings is 1. The maximum Gasteiger partial charge on any atom is 0.168 e. The molecule has 0 amide bonds. The number of hydrogen-bond donors (Lipinski definition) is 1. The summed E-state index contributed by atoms with van der Waals surface area (Å²) in [6.45, 7) is 4.02. The van der Waals surface area contributed by atoms with E-state index in [9.17, 15) is 8.78 Å². The molecular formula is C14H14F2N2S. The van der Waals surface area contributed by atoms with Crippen molar-refractivity contribution in [2.24, 2.45) is 0 Å². The van der Waals surface area contributed by atoms with Crippen molar-refractivity contribution in [1.29, 1.82) is 0 Å². The summed E-state index contributed by atoms with van der Waals surface area (Å²) in [5.74, 6) is -1.21. The standard InChI is InChI=1S/C14H14F2N2S/c1-8-3-9(2)5-10(4-8)7-19-14-12(16)6-11(15)13(17)18-14/h3-6H,7H2,1-2H3,(H2,17,18). The number of aryl methyl sites for hydroxylation is 2. The molecule has 1 heterocycles. The summed E-state index contributed by atoms with van der Waals surface area (Å²) in [7, 11) is 0. The lowest BCUT2D eigenvalue weighted by molar-refractivity contribution is 0.552. The minimum Gasteiger partial charge on any atom is -0.381 e. The molecule has 0 spiro atoms. The van der Waals surface area contributed by atoms with Gasteiger partial charge in [-0.2, -0.15) is 0 Å². The van der Waals surface area contributed by atoms with E-state index in [1.54, 1.807) is 0 Å². The lowest BCUT2D eigenvalue weighted by Crippen LogP contribution is -1.99. The first-order valence-electron chi connectivity index (χ1n) is 5.77. The van der Waals surface area contributed by atoms with Gasteiger partial charge in [-0.1, -0.05) is 41.1 Å². The van der Waals surface area contributed by atoms with Crippen LogP contribution in [0.2, 0.25) is 0 Å². The number of nitrogen functional groups attached to an aromatic ring is 1. The van der Waals surface area contributed by atoms with Crippen molar-refractivity contribution in [2.75, 3.05) is 5.73 Å². The minimum atomic E-state index is -0.826. The molecule has 0 bridgehead atoms. The predicted octanol–water partition coefficient (Wildman–Crippen LogP) is 3.85. The first-order chi connectivity index (χ1) is 8.95. The maximum absolute atomic E-state index is 13.5. The van der Waals surface area contributed by atoms with Crippen LogP contribution in [-0.2, 0) is 5.75 Å². The number of anilines is 1. The average molecular weight is 280 g/mol. The van der Waals surface area contributed by atoms with Gasteiger partial charge in [0.1, 0.15) is 5.03 Å². The number of rotatable bonds is 3. The van der Waals surface area contributed by atoms with Crippen LogP contribution >= 0.6 is 11.8 Å². The molecule has 0 fully saturated rings. The normalized spacial score (nSPS) is 10.7. The van der Waals surface area contributed by atoms with Gasteiger partial charge in [0, 0.05) is 11.8 Å². The highest BCUT2D eigenvalue weighted by Gasteiger charge is 2.10. The minimum absolute atomic E-state index is 0.123. The van der Waals surface area contributed by atoms with E-state index < -0.39 is 11.6 Å². The lowest BCUT2D eigenvalue weighted by Gasteiger charge is -2.06. The molecule has 0 radical (unpaired) electrons. The van der Waals surface area contributed by atoms with E-state index in [2.05, 4.69) is 11.1 Å². The van der Waals surface area contributed by atoms with Crippen molar-refractivity contribution in [2.45, 2.75) is 24.6 Å². The molecule has 1 aromatic heterocycles. The number of aromatic nitrogens is 1. The highest BCUT2D eigenvalue weighted by atomic mass is 32.2. The zero-order valence-electron chi connectivity index (χ0n) is 10.7. The second kappa shape index (κ2) is 5.57.